The molecule has 6 nitrogen and oxygen atoms in total. The van der Waals surface area contributed by atoms with Gasteiger partial charge >= 0.3 is 0 Å². The zero-order valence-corrected chi connectivity index (χ0v) is 16.0. The van der Waals surface area contributed by atoms with E-state index >= 15 is 0 Å². The molecule has 0 unspecified atom stereocenters. The maximum absolute atomic E-state index is 12.1. The lowest BCUT2D eigenvalue weighted by molar-refractivity contribution is -0.111. The van der Waals surface area contributed by atoms with Crippen molar-refractivity contribution in [2.75, 3.05) is 19.5 Å². The summed E-state index contributed by atoms with van der Waals surface area (Å²) in [5, 5.41) is 2.78. The highest BCUT2D eigenvalue weighted by atomic mass is 32.2. The van der Waals surface area contributed by atoms with Crippen LogP contribution >= 0.6 is 0 Å². The summed E-state index contributed by atoms with van der Waals surface area (Å²) in [7, 11) is -0.942. The van der Waals surface area contributed by atoms with Crippen LogP contribution in [0.3, 0.4) is 0 Å². The van der Waals surface area contributed by atoms with Crippen LogP contribution in [0.15, 0.2) is 47.4 Å². The van der Waals surface area contributed by atoms with E-state index in [0.29, 0.717) is 11.3 Å². The van der Waals surface area contributed by atoms with Gasteiger partial charge < -0.3 is 10.1 Å². The van der Waals surface area contributed by atoms with Crippen molar-refractivity contribution in [3.8, 4) is 5.75 Å². The first kappa shape index (κ1) is 19.7. The molecule has 0 heterocycles. The second-order valence-electron chi connectivity index (χ2n) is 5.74. The second-order valence-corrected chi connectivity index (χ2v) is 7.59. The summed E-state index contributed by atoms with van der Waals surface area (Å²) in [4.78, 5) is 12.1. The minimum Gasteiger partial charge on any atom is -0.495 e. The van der Waals surface area contributed by atoms with E-state index in [1.54, 1.807) is 18.2 Å². The quantitative estimate of drug-likeness (QED) is 0.762. The van der Waals surface area contributed by atoms with Gasteiger partial charge in [0.25, 0.3) is 0 Å². The van der Waals surface area contributed by atoms with Gasteiger partial charge in [0.15, 0.2) is 0 Å². The van der Waals surface area contributed by atoms with Gasteiger partial charge in [-0.05, 0) is 67.9 Å². The molecule has 26 heavy (non-hydrogen) atoms. The lowest BCUT2D eigenvalue weighted by Crippen LogP contribution is -2.19. The van der Waals surface area contributed by atoms with Crippen molar-refractivity contribution in [2.45, 2.75) is 18.7 Å². The number of amides is 1. The van der Waals surface area contributed by atoms with E-state index in [9.17, 15) is 13.2 Å². The van der Waals surface area contributed by atoms with Crippen molar-refractivity contribution in [3.63, 3.8) is 0 Å². The Morgan fingerprint density at radius 2 is 1.81 bits per heavy atom. The number of hydrogen-bond acceptors (Lipinski definition) is 4. The maximum Gasteiger partial charge on any atom is 0.248 e. The predicted molar refractivity (Wildman–Crippen MR) is 103 cm³/mol. The molecule has 7 heteroatoms. The topological polar surface area (TPSA) is 84.5 Å². The van der Waals surface area contributed by atoms with E-state index in [-0.39, 0.29) is 16.6 Å². The monoisotopic (exact) mass is 374 g/mol. The van der Waals surface area contributed by atoms with E-state index in [1.165, 1.54) is 26.3 Å². The van der Waals surface area contributed by atoms with Gasteiger partial charge in [0.1, 0.15) is 10.6 Å². The minimum absolute atomic E-state index is 0.0132. The van der Waals surface area contributed by atoms with Crippen LogP contribution in [-0.4, -0.2) is 28.5 Å². The molecule has 0 aliphatic heterocycles. The standard InChI is InChI=1S/C19H22N2O4S/c1-13-5-8-16(11-14(13)2)21-19(22)10-7-15-6-9-17(25-4)18(12-15)26(23,24)20-3/h5-12,20H,1-4H3,(H,21,22)/b10-7+. The Balaban J connectivity index is 2.20. The Hall–Kier alpha value is -2.64. The van der Waals surface area contributed by atoms with Crippen LogP contribution < -0.4 is 14.8 Å². The van der Waals surface area contributed by atoms with Crippen LogP contribution in [0.2, 0.25) is 0 Å². The van der Waals surface area contributed by atoms with Gasteiger partial charge in [0, 0.05) is 11.8 Å². The number of carbonyl (C=O) groups is 1. The van der Waals surface area contributed by atoms with Gasteiger partial charge in [0.05, 0.1) is 7.11 Å². The van der Waals surface area contributed by atoms with Crippen molar-refractivity contribution in [2.24, 2.45) is 0 Å². The van der Waals surface area contributed by atoms with Crippen molar-refractivity contribution < 1.29 is 17.9 Å². The molecule has 0 aliphatic carbocycles. The van der Waals surface area contributed by atoms with Crippen molar-refractivity contribution >= 4 is 27.7 Å². The molecule has 0 fully saturated rings. The van der Waals surface area contributed by atoms with Crippen LogP contribution in [0.1, 0.15) is 16.7 Å². The Kier molecular flexibility index (Phi) is 6.18. The largest absolute Gasteiger partial charge is 0.495 e. The van der Waals surface area contributed by atoms with E-state index in [0.717, 1.165) is 11.1 Å². The molecule has 1 amide bonds. The van der Waals surface area contributed by atoms with Crippen LogP contribution in [0.4, 0.5) is 5.69 Å². The highest BCUT2D eigenvalue weighted by molar-refractivity contribution is 7.89. The third-order valence-electron chi connectivity index (χ3n) is 3.95. The van der Waals surface area contributed by atoms with E-state index in [1.807, 2.05) is 32.0 Å². The number of ether oxygens (including phenoxy) is 1. The maximum atomic E-state index is 12.1. The second kappa shape index (κ2) is 8.16. The number of carbonyl (C=O) groups excluding carboxylic acids is 1. The fraction of sp³-hybridized carbons (Fsp3) is 0.211. The Morgan fingerprint density at radius 1 is 1.08 bits per heavy atom. The molecule has 2 aromatic rings. The third-order valence-corrected chi connectivity index (χ3v) is 5.38. The zero-order chi connectivity index (χ0) is 19.3. The SMILES string of the molecule is CNS(=O)(=O)c1cc(/C=C/C(=O)Nc2ccc(C)c(C)c2)ccc1OC. The number of methoxy groups -OCH3 is 1. The molecule has 2 rings (SSSR count). The first-order valence-electron chi connectivity index (χ1n) is 7.94. The van der Waals surface area contributed by atoms with Crippen molar-refractivity contribution in [3.05, 3.63) is 59.2 Å². The van der Waals surface area contributed by atoms with E-state index < -0.39 is 10.0 Å². The highest BCUT2D eigenvalue weighted by Crippen LogP contribution is 2.25. The number of nitrogens with one attached hydrogen (secondary N) is 2. The molecule has 2 aromatic carbocycles. The van der Waals surface area contributed by atoms with Gasteiger partial charge in [-0.1, -0.05) is 12.1 Å². The summed E-state index contributed by atoms with van der Waals surface area (Å²) >= 11 is 0. The number of anilines is 1. The highest BCUT2D eigenvalue weighted by Gasteiger charge is 2.17. The molecular formula is C19H22N2O4S. The minimum atomic E-state index is -3.67. The summed E-state index contributed by atoms with van der Waals surface area (Å²) < 4.78 is 31.5. The summed E-state index contributed by atoms with van der Waals surface area (Å²) in [5.74, 6) is -0.0711. The fourth-order valence-electron chi connectivity index (χ4n) is 2.29. The van der Waals surface area contributed by atoms with E-state index in [4.69, 9.17) is 4.74 Å². The molecule has 138 valence electrons. The van der Waals surface area contributed by atoms with Crippen molar-refractivity contribution in [1.29, 1.82) is 0 Å². The number of rotatable bonds is 6. The lowest BCUT2D eigenvalue weighted by Gasteiger charge is -2.09. The summed E-state index contributed by atoms with van der Waals surface area (Å²) in [5.41, 5.74) is 3.50. The zero-order valence-electron chi connectivity index (χ0n) is 15.2. The predicted octanol–water partition coefficient (Wildman–Crippen LogP) is 2.87. The Labute approximate surface area is 153 Å². The molecule has 0 saturated carbocycles. The normalized spacial score (nSPS) is 11.5. The number of sulfonamides is 1. The van der Waals surface area contributed by atoms with Crippen LogP contribution in [0, 0.1) is 13.8 Å². The molecule has 0 atom stereocenters. The average molecular weight is 374 g/mol. The van der Waals surface area contributed by atoms with Gasteiger partial charge in [0.2, 0.25) is 15.9 Å². The van der Waals surface area contributed by atoms with Gasteiger partial charge in [-0.25, -0.2) is 13.1 Å². The first-order chi connectivity index (χ1) is 12.3. The molecule has 0 spiro atoms. The third kappa shape index (κ3) is 4.71. The molecule has 0 aliphatic rings. The smallest absolute Gasteiger partial charge is 0.248 e. The lowest BCUT2D eigenvalue weighted by atomic mass is 10.1. The van der Waals surface area contributed by atoms with Crippen molar-refractivity contribution in [1.82, 2.24) is 4.72 Å². The fourth-order valence-corrected chi connectivity index (χ4v) is 3.22. The van der Waals surface area contributed by atoms with Crippen LogP contribution in [-0.2, 0) is 14.8 Å². The Morgan fingerprint density at radius 3 is 2.42 bits per heavy atom. The summed E-state index contributed by atoms with van der Waals surface area (Å²) in [6.45, 7) is 3.98. The number of hydrogen-bond donors (Lipinski definition) is 2. The van der Waals surface area contributed by atoms with Crippen LogP contribution in [0.5, 0.6) is 5.75 Å². The first-order valence-corrected chi connectivity index (χ1v) is 9.43. The summed E-state index contributed by atoms with van der Waals surface area (Å²) in [6.07, 6.45) is 2.90. The molecule has 0 radical (unpaired) electrons. The molecule has 2 N–H and O–H groups in total. The van der Waals surface area contributed by atoms with E-state index in [2.05, 4.69) is 10.0 Å². The Bertz CT molecular complexity index is 950. The van der Waals surface area contributed by atoms with Gasteiger partial charge in [-0.3, -0.25) is 4.79 Å². The summed E-state index contributed by atoms with van der Waals surface area (Å²) in [6, 6.07) is 10.3. The molecule has 0 aromatic heterocycles. The molecule has 0 bridgehead atoms. The molecule has 0 saturated heterocycles. The number of benzene rings is 2. The van der Waals surface area contributed by atoms with Gasteiger partial charge in [-0.15, -0.1) is 0 Å². The molecular weight excluding hydrogens is 352 g/mol. The van der Waals surface area contributed by atoms with Crippen LogP contribution in [0.25, 0.3) is 6.08 Å². The van der Waals surface area contributed by atoms with Gasteiger partial charge in [-0.2, -0.15) is 0 Å². The number of aryl methyl sites for hydroxylation is 2. The average Bonchev–Trinajstić information content (AvgIpc) is 2.62.